The van der Waals surface area contributed by atoms with Crippen molar-refractivity contribution in [3.63, 3.8) is 0 Å². The van der Waals surface area contributed by atoms with Crippen molar-refractivity contribution in [1.82, 2.24) is 0 Å². The van der Waals surface area contributed by atoms with Gasteiger partial charge in [-0.25, -0.2) is 0 Å². The van der Waals surface area contributed by atoms with Gasteiger partial charge in [0.05, 0.1) is 10.7 Å². The molecule has 2 nitrogen and oxygen atoms in total. The molecule has 1 heterocycles. The van der Waals surface area contributed by atoms with Crippen molar-refractivity contribution in [2.24, 2.45) is 0 Å². The Bertz CT molecular complexity index is 553. The first kappa shape index (κ1) is 14.1. The van der Waals surface area contributed by atoms with E-state index in [1.54, 1.807) is 23.5 Å². The van der Waals surface area contributed by atoms with E-state index in [2.05, 4.69) is 29.3 Å². The molecule has 0 aliphatic carbocycles. The minimum absolute atomic E-state index is 0.346. The quantitative estimate of drug-likeness (QED) is 0.767. The second kappa shape index (κ2) is 6.22. The Balaban J connectivity index is 2.14. The second-order valence-electron chi connectivity index (χ2n) is 4.57. The molecule has 4 heteroatoms. The van der Waals surface area contributed by atoms with Gasteiger partial charge in [-0.3, -0.25) is 4.79 Å². The lowest BCUT2D eigenvalue weighted by Gasteiger charge is -2.27. The summed E-state index contributed by atoms with van der Waals surface area (Å²) in [6, 6.07) is 9.96. The largest absolute Gasteiger partial charge is 0.370 e. The molecule has 1 aromatic carbocycles. The van der Waals surface area contributed by atoms with Crippen LogP contribution in [0.2, 0.25) is 5.02 Å². The number of hydrogen-bond donors (Lipinski definition) is 0. The smallest absolute Gasteiger partial charge is 0.150 e. The number of nitrogens with zero attached hydrogens (tertiary/aromatic N) is 1. The van der Waals surface area contributed by atoms with E-state index in [1.807, 2.05) is 13.1 Å². The van der Waals surface area contributed by atoms with Gasteiger partial charge in [-0.1, -0.05) is 17.7 Å². The summed E-state index contributed by atoms with van der Waals surface area (Å²) >= 11 is 8.00. The maximum atomic E-state index is 10.7. The van der Waals surface area contributed by atoms with Crippen LogP contribution < -0.4 is 4.90 Å². The van der Waals surface area contributed by atoms with Crippen LogP contribution in [0.25, 0.3) is 0 Å². The highest BCUT2D eigenvalue weighted by Crippen LogP contribution is 2.28. The van der Waals surface area contributed by atoms with Crippen molar-refractivity contribution >= 4 is 34.9 Å². The van der Waals surface area contributed by atoms with Gasteiger partial charge in [0.1, 0.15) is 6.29 Å². The van der Waals surface area contributed by atoms with E-state index in [0.29, 0.717) is 16.6 Å². The van der Waals surface area contributed by atoms with Gasteiger partial charge in [-0.15, -0.1) is 11.3 Å². The van der Waals surface area contributed by atoms with Gasteiger partial charge in [0, 0.05) is 30.0 Å². The Kier molecular flexibility index (Phi) is 4.61. The van der Waals surface area contributed by atoms with Crippen molar-refractivity contribution in [2.45, 2.75) is 19.4 Å². The number of anilines is 1. The van der Waals surface area contributed by atoms with Gasteiger partial charge in [-0.05, 0) is 36.6 Å². The van der Waals surface area contributed by atoms with Gasteiger partial charge < -0.3 is 4.90 Å². The molecule has 0 radical (unpaired) electrons. The first-order valence-electron chi connectivity index (χ1n) is 6.11. The molecular formula is C15H16ClNOS. The van der Waals surface area contributed by atoms with E-state index in [1.165, 1.54) is 4.88 Å². The highest BCUT2D eigenvalue weighted by atomic mass is 35.5. The van der Waals surface area contributed by atoms with Crippen molar-refractivity contribution < 1.29 is 4.79 Å². The Hall–Kier alpha value is -1.32. The Morgan fingerprint density at radius 1 is 1.42 bits per heavy atom. The minimum Gasteiger partial charge on any atom is -0.370 e. The summed E-state index contributed by atoms with van der Waals surface area (Å²) in [6.45, 7) is 2.17. The lowest BCUT2D eigenvalue weighted by Crippen LogP contribution is -2.30. The van der Waals surface area contributed by atoms with Crippen molar-refractivity contribution in [3.8, 4) is 0 Å². The molecule has 0 N–H and O–H groups in total. The molecule has 100 valence electrons. The maximum absolute atomic E-state index is 10.7. The van der Waals surface area contributed by atoms with E-state index in [-0.39, 0.29) is 0 Å². The molecule has 0 saturated carbocycles. The van der Waals surface area contributed by atoms with E-state index < -0.39 is 0 Å². The normalized spacial score (nSPS) is 12.2. The predicted octanol–water partition coefficient (Wildman–Crippen LogP) is 4.28. The second-order valence-corrected chi connectivity index (χ2v) is 6.01. The van der Waals surface area contributed by atoms with Crippen LogP contribution in [0.15, 0.2) is 35.7 Å². The van der Waals surface area contributed by atoms with Crippen LogP contribution >= 0.6 is 22.9 Å². The Labute approximate surface area is 122 Å². The molecule has 0 saturated heterocycles. The monoisotopic (exact) mass is 293 g/mol. The zero-order chi connectivity index (χ0) is 13.8. The van der Waals surface area contributed by atoms with Crippen LogP contribution in [-0.2, 0) is 6.42 Å². The first-order chi connectivity index (χ1) is 9.11. The Morgan fingerprint density at radius 3 is 2.79 bits per heavy atom. The summed E-state index contributed by atoms with van der Waals surface area (Å²) in [5.41, 5.74) is 1.56. The molecule has 2 rings (SSSR count). The number of aldehydes is 1. The highest BCUT2D eigenvalue weighted by molar-refractivity contribution is 7.09. The molecular weight excluding hydrogens is 278 g/mol. The summed E-state index contributed by atoms with van der Waals surface area (Å²) in [5, 5.41) is 2.71. The fraction of sp³-hybridized carbons (Fsp3) is 0.267. The third kappa shape index (κ3) is 3.37. The molecule has 0 bridgehead atoms. The summed E-state index contributed by atoms with van der Waals surface area (Å²) in [5.74, 6) is 0. The van der Waals surface area contributed by atoms with E-state index in [0.717, 1.165) is 18.4 Å². The van der Waals surface area contributed by atoms with Gasteiger partial charge in [0.15, 0.2) is 0 Å². The number of carbonyl (C=O) groups excluding carboxylic acids is 1. The van der Waals surface area contributed by atoms with Gasteiger partial charge in [0.25, 0.3) is 0 Å². The van der Waals surface area contributed by atoms with Crippen molar-refractivity contribution in [3.05, 3.63) is 51.2 Å². The molecule has 2 aromatic rings. The zero-order valence-corrected chi connectivity index (χ0v) is 12.5. The summed E-state index contributed by atoms with van der Waals surface area (Å²) in [6.07, 6.45) is 1.80. The lowest BCUT2D eigenvalue weighted by molar-refractivity contribution is 0.112. The first-order valence-corrected chi connectivity index (χ1v) is 7.37. The number of thiophene rings is 1. The number of carbonyl (C=O) groups is 1. The molecule has 1 unspecified atom stereocenters. The van der Waals surface area contributed by atoms with Crippen molar-refractivity contribution in [1.29, 1.82) is 0 Å². The fourth-order valence-corrected chi connectivity index (χ4v) is 3.13. The van der Waals surface area contributed by atoms with Crippen molar-refractivity contribution in [2.75, 3.05) is 11.9 Å². The molecule has 1 aromatic heterocycles. The highest BCUT2D eigenvalue weighted by Gasteiger charge is 2.14. The molecule has 0 spiro atoms. The number of rotatable bonds is 5. The molecule has 0 aliphatic heterocycles. The molecule has 0 fully saturated rings. The Morgan fingerprint density at radius 2 is 2.21 bits per heavy atom. The molecule has 1 atom stereocenters. The third-order valence-electron chi connectivity index (χ3n) is 3.23. The number of halogens is 1. The predicted molar refractivity (Wildman–Crippen MR) is 82.7 cm³/mol. The van der Waals surface area contributed by atoms with Crippen LogP contribution in [0, 0.1) is 0 Å². The third-order valence-corrected chi connectivity index (χ3v) is 4.43. The maximum Gasteiger partial charge on any atom is 0.150 e. The average molecular weight is 294 g/mol. The molecule has 0 amide bonds. The minimum atomic E-state index is 0.346. The van der Waals surface area contributed by atoms with Crippen LogP contribution in [0.1, 0.15) is 22.2 Å². The van der Waals surface area contributed by atoms with Crippen LogP contribution in [-0.4, -0.2) is 19.4 Å². The van der Waals surface area contributed by atoms with Gasteiger partial charge in [0.2, 0.25) is 0 Å². The summed E-state index contributed by atoms with van der Waals surface area (Å²) in [7, 11) is 2.03. The van der Waals surface area contributed by atoms with E-state index in [9.17, 15) is 4.79 Å². The number of benzene rings is 1. The lowest BCUT2D eigenvalue weighted by atomic mass is 10.1. The number of hydrogen-bond acceptors (Lipinski definition) is 3. The zero-order valence-electron chi connectivity index (χ0n) is 11.0. The van der Waals surface area contributed by atoms with E-state index in [4.69, 9.17) is 11.6 Å². The summed E-state index contributed by atoms with van der Waals surface area (Å²) in [4.78, 5) is 14.2. The van der Waals surface area contributed by atoms with Crippen LogP contribution in [0.4, 0.5) is 5.69 Å². The SMILES string of the molecule is CC(Cc1cccs1)N(C)c1ccc(C=O)cc1Cl. The molecule has 19 heavy (non-hydrogen) atoms. The molecule has 0 aliphatic rings. The topological polar surface area (TPSA) is 20.3 Å². The van der Waals surface area contributed by atoms with E-state index >= 15 is 0 Å². The van der Waals surface area contributed by atoms with Gasteiger partial charge in [-0.2, -0.15) is 0 Å². The average Bonchev–Trinajstić information content (AvgIpc) is 2.90. The van der Waals surface area contributed by atoms with Crippen LogP contribution in [0.3, 0.4) is 0 Å². The number of likely N-dealkylation sites (N-methyl/N-ethyl adjacent to an activating group) is 1. The fourth-order valence-electron chi connectivity index (χ4n) is 1.98. The summed E-state index contributed by atoms with van der Waals surface area (Å²) < 4.78 is 0. The standard InChI is InChI=1S/C15H16ClNOS/c1-11(8-13-4-3-7-19-13)17(2)15-6-5-12(10-18)9-14(15)16/h3-7,9-11H,8H2,1-2H3. The van der Waals surface area contributed by atoms with Crippen LogP contribution in [0.5, 0.6) is 0 Å². The van der Waals surface area contributed by atoms with Gasteiger partial charge >= 0.3 is 0 Å².